The smallest absolute Gasteiger partial charge is 0.226 e. The Bertz CT molecular complexity index is 353. The van der Waals surface area contributed by atoms with Crippen molar-refractivity contribution in [2.45, 2.75) is 45.6 Å². The van der Waals surface area contributed by atoms with E-state index in [9.17, 15) is 0 Å². The molecule has 1 saturated carbocycles. The minimum atomic E-state index is 0.628. The Morgan fingerprint density at radius 3 is 2.41 bits per heavy atom. The molecule has 94 valence electrons. The van der Waals surface area contributed by atoms with Crippen LogP contribution < -0.4 is 10.6 Å². The molecular weight excluding hydrogens is 212 g/mol. The molecule has 0 bridgehead atoms. The summed E-state index contributed by atoms with van der Waals surface area (Å²) in [7, 11) is 0. The maximum Gasteiger partial charge on any atom is 0.226 e. The molecule has 4 heteroatoms. The fourth-order valence-corrected chi connectivity index (χ4v) is 2.24. The van der Waals surface area contributed by atoms with Crippen molar-refractivity contribution in [2.75, 3.05) is 18.0 Å². The maximum absolute atomic E-state index is 5.61. The highest BCUT2D eigenvalue weighted by Gasteiger charge is 2.26. The molecule has 0 spiro atoms. The fourth-order valence-electron chi connectivity index (χ4n) is 2.24. The lowest BCUT2D eigenvalue weighted by molar-refractivity contribution is 0.380. The molecule has 0 aliphatic heterocycles. The second-order valence-corrected chi connectivity index (χ2v) is 4.87. The van der Waals surface area contributed by atoms with Gasteiger partial charge in [0.25, 0.3) is 0 Å². The highest BCUT2D eigenvalue weighted by Crippen LogP contribution is 2.27. The number of aromatic nitrogens is 2. The van der Waals surface area contributed by atoms with Crippen LogP contribution in [0, 0.1) is 13.8 Å². The van der Waals surface area contributed by atoms with Gasteiger partial charge in [-0.1, -0.05) is 0 Å². The average molecular weight is 234 g/mol. The second kappa shape index (κ2) is 5.45. The molecule has 1 aromatic rings. The Labute approximate surface area is 103 Å². The minimum Gasteiger partial charge on any atom is -0.338 e. The van der Waals surface area contributed by atoms with Crippen molar-refractivity contribution in [1.29, 1.82) is 0 Å². The normalized spacial score (nSPS) is 15.7. The second-order valence-electron chi connectivity index (χ2n) is 4.87. The molecule has 1 aliphatic rings. The Kier molecular flexibility index (Phi) is 3.94. The van der Waals surface area contributed by atoms with E-state index >= 15 is 0 Å². The number of aryl methyl sites for hydroxylation is 2. The summed E-state index contributed by atoms with van der Waals surface area (Å²) in [5.41, 5.74) is 7.70. The summed E-state index contributed by atoms with van der Waals surface area (Å²) in [6.07, 6.45) is 4.86. The van der Waals surface area contributed by atoms with Crippen LogP contribution in [0.25, 0.3) is 0 Å². The first kappa shape index (κ1) is 12.3. The van der Waals surface area contributed by atoms with E-state index < -0.39 is 0 Å². The van der Waals surface area contributed by atoms with Crippen LogP contribution in [0.4, 0.5) is 5.95 Å². The standard InChI is InChI=1S/C13H22N4/c1-10-9-11(2)16-13(15-10)17(8-4-7-14)12-5-3-6-12/h9,12H,3-8,14H2,1-2H3. The first-order chi connectivity index (χ1) is 8.20. The molecule has 0 radical (unpaired) electrons. The van der Waals surface area contributed by atoms with Crippen LogP contribution in [-0.2, 0) is 0 Å². The molecule has 4 nitrogen and oxygen atoms in total. The lowest BCUT2D eigenvalue weighted by atomic mass is 9.91. The zero-order valence-corrected chi connectivity index (χ0v) is 10.8. The van der Waals surface area contributed by atoms with Gasteiger partial charge in [0.2, 0.25) is 5.95 Å². The summed E-state index contributed by atoms with van der Waals surface area (Å²) in [6, 6.07) is 2.65. The maximum atomic E-state index is 5.61. The molecule has 0 atom stereocenters. The van der Waals surface area contributed by atoms with Gasteiger partial charge in [-0.15, -0.1) is 0 Å². The molecule has 0 unspecified atom stereocenters. The van der Waals surface area contributed by atoms with Crippen molar-refractivity contribution in [3.05, 3.63) is 17.5 Å². The monoisotopic (exact) mass is 234 g/mol. The summed E-state index contributed by atoms with van der Waals surface area (Å²) in [5.74, 6) is 0.889. The number of anilines is 1. The molecular formula is C13H22N4. The molecule has 0 saturated heterocycles. The average Bonchev–Trinajstić information content (AvgIpc) is 2.19. The lowest BCUT2D eigenvalue weighted by Gasteiger charge is -2.37. The molecule has 1 heterocycles. The van der Waals surface area contributed by atoms with Crippen LogP contribution in [0.3, 0.4) is 0 Å². The molecule has 0 amide bonds. The van der Waals surface area contributed by atoms with Crippen molar-refractivity contribution in [3.8, 4) is 0 Å². The first-order valence-corrected chi connectivity index (χ1v) is 6.49. The van der Waals surface area contributed by atoms with E-state index in [1.54, 1.807) is 0 Å². The third kappa shape index (κ3) is 2.94. The molecule has 0 aromatic carbocycles. The molecule has 1 aromatic heterocycles. The van der Waals surface area contributed by atoms with Gasteiger partial charge in [0.1, 0.15) is 0 Å². The van der Waals surface area contributed by atoms with Crippen LogP contribution in [0.15, 0.2) is 6.07 Å². The number of nitrogens with zero attached hydrogens (tertiary/aromatic N) is 3. The van der Waals surface area contributed by atoms with Gasteiger partial charge in [0.05, 0.1) is 0 Å². The molecule has 1 aliphatic carbocycles. The van der Waals surface area contributed by atoms with E-state index in [-0.39, 0.29) is 0 Å². The van der Waals surface area contributed by atoms with Crippen molar-refractivity contribution in [1.82, 2.24) is 9.97 Å². The molecule has 1 fully saturated rings. The number of nitrogens with two attached hydrogens (primary N) is 1. The van der Waals surface area contributed by atoms with Crippen molar-refractivity contribution >= 4 is 5.95 Å². The van der Waals surface area contributed by atoms with Crippen LogP contribution in [0.1, 0.15) is 37.1 Å². The largest absolute Gasteiger partial charge is 0.338 e. The van der Waals surface area contributed by atoms with Crippen LogP contribution in [0.5, 0.6) is 0 Å². The highest BCUT2D eigenvalue weighted by molar-refractivity contribution is 5.34. The summed E-state index contributed by atoms with van der Waals surface area (Å²) < 4.78 is 0. The molecule has 2 rings (SSSR count). The number of hydrogen-bond donors (Lipinski definition) is 1. The van der Waals surface area contributed by atoms with Crippen LogP contribution in [0.2, 0.25) is 0 Å². The predicted octanol–water partition coefficient (Wildman–Crippen LogP) is 1.80. The quantitative estimate of drug-likeness (QED) is 0.844. The van der Waals surface area contributed by atoms with E-state index in [2.05, 4.69) is 14.9 Å². The van der Waals surface area contributed by atoms with Crippen LogP contribution in [-0.4, -0.2) is 29.1 Å². The summed E-state index contributed by atoms with van der Waals surface area (Å²) in [5, 5.41) is 0. The number of hydrogen-bond acceptors (Lipinski definition) is 4. The molecule has 2 N–H and O–H groups in total. The lowest BCUT2D eigenvalue weighted by Crippen LogP contribution is -2.42. The third-order valence-corrected chi connectivity index (χ3v) is 3.35. The van der Waals surface area contributed by atoms with Gasteiger partial charge in [-0.25, -0.2) is 9.97 Å². The SMILES string of the molecule is Cc1cc(C)nc(N(CCCN)C2CCC2)n1. The van der Waals surface area contributed by atoms with Gasteiger partial charge in [0.15, 0.2) is 0 Å². The van der Waals surface area contributed by atoms with Gasteiger partial charge in [-0.3, -0.25) is 0 Å². The van der Waals surface area contributed by atoms with E-state index in [1.807, 2.05) is 19.9 Å². The summed E-state index contributed by atoms with van der Waals surface area (Å²) in [4.78, 5) is 11.5. The zero-order valence-electron chi connectivity index (χ0n) is 10.8. The van der Waals surface area contributed by atoms with E-state index in [4.69, 9.17) is 5.73 Å². The third-order valence-electron chi connectivity index (χ3n) is 3.35. The minimum absolute atomic E-state index is 0.628. The van der Waals surface area contributed by atoms with Gasteiger partial charge >= 0.3 is 0 Å². The van der Waals surface area contributed by atoms with Gasteiger partial charge < -0.3 is 10.6 Å². The molecule has 17 heavy (non-hydrogen) atoms. The van der Waals surface area contributed by atoms with Crippen molar-refractivity contribution in [2.24, 2.45) is 5.73 Å². The zero-order chi connectivity index (χ0) is 12.3. The van der Waals surface area contributed by atoms with Gasteiger partial charge in [-0.05, 0) is 52.1 Å². The topological polar surface area (TPSA) is 55.0 Å². The van der Waals surface area contributed by atoms with Gasteiger partial charge in [0, 0.05) is 24.0 Å². The Hall–Kier alpha value is -1.16. The van der Waals surface area contributed by atoms with Crippen molar-refractivity contribution in [3.63, 3.8) is 0 Å². The number of rotatable bonds is 5. The fraction of sp³-hybridized carbons (Fsp3) is 0.692. The Morgan fingerprint density at radius 1 is 1.29 bits per heavy atom. The van der Waals surface area contributed by atoms with Crippen LogP contribution >= 0.6 is 0 Å². The Balaban J connectivity index is 2.17. The van der Waals surface area contributed by atoms with Crippen molar-refractivity contribution < 1.29 is 0 Å². The summed E-state index contributed by atoms with van der Waals surface area (Å²) in [6.45, 7) is 5.76. The Morgan fingerprint density at radius 2 is 1.94 bits per heavy atom. The summed E-state index contributed by atoms with van der Waals surface area (Å²) >= 11 is 0. The van der Waals surface area contributed by atoms with E-state index in [0.717, 1.165) is 36.8 Å². The van der Waals surface area contributed by atoms with Gasteiger partial charge in [-0.2, -0.15) is 0 Å². The highest BCUT2D eigenvalue weighted by atomic mass is 15.3. The van der Waals surface area contributed by atoms with E-state index in [1.165, 1.54) is 19.3 Å². The first-order valence-electron chi connectivity index (χ1n) is 6.49. The van der Waals surface area contributed by atoms with E-state index in [0.29, 0.717) is 6.04 Å². The predicted molar refractivity (Wildman–Crippen MR) is 70.2 cm³/mol.